The van der Waals surface area contributed by atoms with E-state index in [0.717, 1.165) is 0 Å². The normalized spacial score (nSPS) is 14.4. The molecule has 8 rings (SSSR count). The highest BCUT2D eigenvalue weighted by Crippen LogP contribution is 2.48. The van der Waals surface area contributed by atoms with Crippen molar-refractivity contribution in [1.82, 2.24) is 4.57 Å². The molecule has 2 aliphatic rings. The van der Waals surface area contributed by atoms with Crippen LogP contribution in [0.15, 0.2) is 97.1 Å². The highest BCUT2D eigenvalue weighted by molar-refractivity contribution is 7.00. The van der Waals surface area contributed by atoms with Gasteiger partial charge in [-0.15, -0.1) is 0 Å². The van der Waals surface area contributed by atoms with Crippen LogP contribution < -0.4 is 26.3 Å². The van der Waals surface area contributed by atoms with E-state index in [1.54, 1.807) is 0 Å². The third-order valence-electron chi connectivity index (χ3n) is 12.1. The monoisotopic (exact) mass is 711 g/mol. The Morgan fingerprint density at radius 1 is 0.463 bits per heavy atom. The first kappa shape index (κ1) is 36.3. The van der Waals surface area contributed by atoms with Gasteiger partial charge in [0.1, 0.15) is 0 Å². The van der Waals surface area contributed by atoms with Gasteiger partial charge < -0.3 is 14.4 Å². The lowest BCUT2D eigenvalue weighted by Crippen LogP contribution is -2.63. The third-order valence-corrected chi connectivity index (χ3v) is 12.1. The maximum atomic E-state index is 2.60. The fraction of sp³-hybridized carbons (Fsp3) is 0.360. The van der Waals surface area contributed by atoms with Gasteiger partial charge in [0.05, 0.1) is 5.69 Å². The second-order valence-corrected chi connectivity index (χ2v) is 20.2. The molecular weight excluding hydrogens is 653 g/mol. The Kier molecular flexibility index (Phi) is 8.00. The first-order chi connectivity index (χ1) is 25.1. The predicted molar refractivity (Wildman–Crippen MR) is 236 cm³/mol. The zero-order valence-electron chi connectivity index (χ0n) is 35.2. The van der Waals surface area contributed by atoms with Crippen LogP contribution in [-0.4, -0.2) is 11.3 Å². The molecule has 2 aliphatic heterocycles. The lowest BCUT2D eigenvalue weighted by molar-refractivity contribution is 0.590. The Morgan fingerprint density at radius 2 is 0.907 bits per heavy atom. The van der Waals surface area contributed by atoms with E-state index < -0.39 is 0 Å². The van der Waals surface area contributed by atoms with Gasteiger partial charge in [-0.2, -0.15) is 0 Å². The number of hydrogen-bond acceptors (Lipinski definition) is 2. The number of fused-ring (bicyclic) bond motifs is 6. The van der Waals surface area contributed by atoms with Gasteiger partial charge in [0, 0.05) is 52.0 Å². The van der Waals surface area contributed by atoms with Crippen molar-refractivity contribution in [2.24, 2.45) is 7.05 Å². The molecule has 0 bridgehead atoms. The van der Waals surface area contributed by atoms with Crippen molar-refractivity contribution in [3.63, 3.8) is 0 Å². The fourth-order valence-electron chi connectivity index (χ4n) is 8.82. The first-order valence-electron chi connectivity index (χ1n) is 19.9. The van der Waals surface area contributed by atoms with Crippen LogP contribution in [0.25, 0.3) is 10.9 Å². The van der Waals surface area contributed by atoms with E-state index in [1.807, 2.05) is 0 Å². The summed E-state index contributed by atoms with van der Waals surface area (Å²) in [5.74, 6) is 0. The van der Waals surface area contributed by atoms with Gasteiger partial charge in [-0.1, -0.05) is 126 Å². The molecular formula is C50H58BN3. The number of anilines is 6. The van der Waals surface area contributed by atoms with Crippen molar-refractivity contribution in [3.05, 3.63) is 125 Å². The third kappa shape index (κ3) is 5.71. The summed E-state index contributed by atoms with van der Waals surface area (Å²) in [6.07, 6.45) is 0. The van der Waals surface area contributed by atoms with Gasteiger partial charge in [0.15, 0.2) is 0 Å². The average molecular weight is 712 g/mol. The Hall–Kier alpha value is -4.70. The molecule has 54 heavy (non-hydrogen) atoms. The highest BCUT2D eigenvalue weighted by Gasteiger charge is 2.46. The molecule has 0 saturated carbocycles. The molecule has 0 N–H and O–H groups in total. The molecule has 6 aromatic rings. The maximum Gasteiger partial charge on any atom is 0.272 e. The van der Waals surface area contributed by atoms with E-state index in [0.29, 0.717) is 0 Å². The molecule has 1 aromatic heterocycles. The molecule has 276 valence electrons. The topological polar surface area (TPSA) is 11.4 Å². The average Bonchev–Trinajstić information content (AvgIpc) is 3.37. The van der Waals surface area contributed by atoms with Crippen LogP contribution in [0, 0.1) is 6.92 Å². The van der Waals surface area contributed by atoms with Crippen LogP contribution in [-0.2, 0) is 28.7 Å². The fourth-order valence-corrected chi connectivity index (χ4v) is 8.82. The molecule has 4 heteroatoms. The summed E-state index contributed by atoms with van der Waals surface area (Å²) >= 11 is 0. The maximum absolute atomic E-state index is 2.60. The minimum atomic E-state index is 0.00344. The molecule has 0 fully saturated rings. The Morgan fingerprint density at radius 3 is 1.43 bits per heavy atom. The summed E-state index contributed by atoms with van der Waals surface area (Å²) < 4.78 is 2.51. The molecule has 5 aromatic carbocycles. The highest BCUT2D eigenvalue weighted by atomic mass is 15.2. The van der Waals surface area contributed by atoms with Crippen molar-refractivity contribution < 1.29 is 0 Å². The van der Waals surface area contributed by atoms with Crippen molar-refractivity contribution >= 4 is 68.3 Å². The molecule has 0 saturated heterocycles. The zero-order valence-corrected chi connectivity index (χ0v) is 35.2. The smallest absolute Gasteiger partial charge is 0.272 e. The van der Waals surface area contributed by atoms with Crippen LogP contribution in [0.1, 0.15) is 111 Å². The SMILES string of the molecule is Cc1cc2c3c(c1)N(c1ccc(C(C)(C)C)cc1)c1c(n(C)c4ccc(C(C)(C)C)cc14)B3c1cc(C(C)(C)C)ccc1N2c1ccc(C(C)(C)C)cc1. The van der Waals surface area contributed by atoms with Gasteiger partial charge in [-0.25, -0.2) is 0 Å². The zero-order chi connectivity index (χ0) is 38.9. The van der Waals surface area contributed by atoms with Gasteiger partial charge in [-0.05, 0) is 122 Å². The van der Waals surface area contributed by atoms with Crippen molar-refractivity contribution in [1.29, 1.82) is 0 Å². The molecule has 0 atom stereocenters. The predicted octanol–water partition coefficient (Wildman–Crippen LogP) is 11.8. The number of hydrogen-bond donors (Lipinski definition) is 0. The number of benzene rings is 5. The van der Waals surface area contributed by atoms with Gasteiger partial charge >= 0.3 is 0 Å². The molecule has 0 aliphatic carbocycles. The van der Waals surface area contributed by atoms with Crippen LogP contribution >= 0.6 is 0 Å². The van der Waals surface area contributed by atoms with E-state index in [-0.39, 0.29) is 28.4 Å². The lowest BCUT2D eigenvalue weighted by atomic mass is 9.34. The van der Waals surface area contributed by atoms with Gasteiger partial charge in [-0.3, -0.25) is 0 Å². The number of aromatic nitrogens is 1. The van der Waals surface area contributed by atoms with Crippen molar-refractivity contribution in [2.45, 2.75) is 112 Å². The summed E-state index contributed by atoms with van der Waals surface area (Å²) in [6, 6.07) is 38.0. The standard InChI is InChI=1S/C50H58BN3/c1-31-27-42-44-43(28-31)54(37-23-17-33(18-24-37)48(5,6)7)45-38-29-34(49(8,9)10)19-25-40(38)52(14)46(45)51(44)39-30-35(50(11,12)13)20-26-41(39)53(42)36-21-15-32(16-22-36)47(2,3)4/h15-30H,1-14H3. The number of nitrogens with zero attached hydrogens (tertiary/aromatic N) is 3. The first-order valence-corrected chi connectivity index (χ1v) is 19.9. The van der Waals surface area contributed by atoms with E-state index in [1.165, 1.54) is 89.4 Å². The molecule has 3 heterocycles. The van der Waals surface area contributed by atoms with E-state index in [4.69, 9.17) is 0 Å². The second-order valence-electron chi connectivity index (χ2n) is 20.2. The van der Waals surface area contributed by atoms with Crippen LogP contribution in [0.4, 0.5) is 34.1 Å². The van der Waals surface area contributed by atoms with Crippen LogP contribution in [0.3, 0.4) is 0 Å². The van der Waals surface area contributed by atoms with E-state index in [2.05, 4.69) is 208 Å². The molecule has 3 nitrogen and oxygen atoms in total. The minimum absolute atomic E-state index is 0.00344. The summed E-state index contributed by atoms with van der Waals surface area (Å²) in [7, 11) is 2.29. The van der Waals surface area contributed by atoms with Gasteiger partial charge in [0.25, 0.3) is 6.71 Å². The van der Waals surface area contributed by atoms with Crippen molar-refractivity contribution in [3.8, 4) is 0 Å². The molecule has 0 amide bonds. The Labute approximate surface area is 325 Å². The van der Waals surface area contributed by atoms with Crippen LogP contribution in [0.5, 0.6) is 0 Å². The van der Waals surface area contributed by atoms with Crippen LogP contribution in [0.2, 0.25) is 0 Å². The lowest BCUT2D eigenvalue weighted by Gasteiger charge is -2.44. The van der Waals surface area contributed by atoms with E-state index in [9.17, 15) is 0 Å². The molecule has 0 radical (unpaired) electrons. The summed E-state index contributed by atoms with van der Waals surface area (Å²) in [4.78, 5) is 5.14. The number of rotatable bonds is 2. The molecule has 0 unspecified atom stereocenters. The summed E-state index contributed by atoms with van der Waals surface area (Å²) in [6.45, 7) is 30.1. The Balaban J connectivity index is 1.50. The quantitative estimate of drug-likeness (QED) is 0.165. The summed E-state index contributed by atoms with van der Waals surface area (Å²) in [5, 5.41) is 1.31. The summed E-state index contributed by atoms with van der Waals surface area (Å²) in [5.41, 5.74) is 19.6. The second kappa shape index (κ2) is 11.9. The minimum Gasteiger partial charge on any atom is -0.353 e. The van der Waals surface area contributed by atoms with E-state index >= 15 is 0 Å². The van der Waals surface area contributed by atoms with Crippen molar-refractivity contribution in [2.75, 3.05) is 9.80 Å². The molecule has 0 spiro atoms. The number of aryl methyl sites for hydroxylation is 2. The van der Waals surface area contributed by atoms with Gasteiger partial charge in [0.2, 0.25) is 0 Å². The largest absolute Gasteiger partial charge is 0.353 e. The Bertz CT molecular complexity index is 2440.